The van der Waals surface area contributed by atoms with Gasteiger partial charge in [0.1, 0.15) is 0 Å². The van der Waals surface area contributed by atoms with Crippen molar-refractivity contribution >= 4 is 0 Å². The predicted molar refractivity (Wildman–Crippen MR) is 60.9 cm³/mol. The summed E-state index contributed by atoms with van der Waals surface area (Å²) in [6.45, 7) is 7.07. The summed E-state index contributed by atoms with van der Waals surface area (Å²) >= 11 is 0. The van der Waals surface area contributed by atoms with E-state index in [0.717, 1.165) is 0 Å². The molecule has 4 nitrogen and oxygen atoms in total. The van der Waals surface area contributed by atoms with Crippen molar-refractivity contribution < 1.29 is 14.2 Å². The topological polar surface area (TPSA) is 39.7 Å². The molecule has 0 aliphatic carbocycles. The first kappa shape index (κ1) is 14.8. The van der Waals surface area contributed by atoms with Crippen LogP contribution in [-0.4, -0.2) is 46.3 Å². The van der Waals surface area contributed by atoms with Crippen LogP contribution in [0.4, 0.5) is 0 Å². The van der Waals surface area contributed by atoms with E-state index in [1.165, 1.54) is 0 Å². The Labute approximate surface area is 93.3 Å². The summed E-state index contributed by atoms with van der Waals surface area (Å²) in [4.78, 5) is 0. The van der Waals surface area contributed by atoms with Gasteiger partial charge in [-0.1, -0.05) is 13.8 Å². The lowest BCUT2D eigenvalue weighted by Crippen LogP contribution is -2.48. The number of ether oxygens (including phenoxy) is 3. The minimum absolute atomic E-state index is 0.141. The Hall–Kier alpha value is -0.160. The van der Waals surface area contributed by atoms with Crippen LogP contribution in [0.15, 0.2) is 0 Å². The molecule has 0 heterocycles. The first-order valence-electron chi connectivity index (χ1n) is 5.37. The molecule has 0 saturated heterocycles. The van der Waals surface area contributed by atoms with E-state index in [0.29, 0.717) is 18.6 Å². The Morgan fingerprint density at radius 2 is 1.53 bits per heavy atom. The third-order valence-corrected chi connectivity index (χ3v) is 2.50. The molecule has 0 amide bonds. The van der Waals surface area contributed by atoms with Crippen LogP contribution < -0.4 is 5.32 Å². The molecule has 0 fully saturated rings. The zero-order valence-corrected chi connectivity index (χ0v) is 10.7. The summed E-state index contributed by atoms with van der Waals surface area (Å²) in [7, 11) is 5.01. The fourth-order valence-electron chi connectivity index (χ4n) is 1.53. The van der Waals surface area contributed by atoms with Gasteiger partial charge in [-0.2, -0.15) is 0 Å². The highest BCUT2D eigenvalue weighted by molar-refractivity contribution is 4.75. The van der Waals surface area contributed by atoms with Crippen LogP contribution in [0.5, 0.6) is 0 Å². The average molecular weight is 219 g/mol. The minimum Gasteiger partial charge on any atom is -0.383 e. The summed E-state index contributed by atoms with van der Waals surface area (Å²) in [5.74, 6) is 0.516. The van der Waals surface area contributed by atoms with Crippen LogP contribution in [0, 0.1) is 5.92 Å². The first-order chi connectivity index (χ1) is 7.06. The van der Waals surface area contributed by atoms with E-state index in [4.69, 9.17) is 14.2 Å². The number of hydrogen-bond donors (Lipinski definition) is 1. The summed E-state index contributed by atoms with van der Waals surface area (Å²) in [6.07, 6.45) is -0.219. The second kappa shape index (κ2) is 8.05. The minimum atomic E-state index is -0.219. The van der Waals surface area contributed by atoms with E-state index in [-0.39, 0.29) is 12.3 Å². The molecule has 0 bridgehead atoms. The molecule has 15 heavy (non-hydrogen) atoms. The largest absolute Gasteiger partial charge is 0.383 e. The normalized spacial score (nSPS) is 16.0. The van der Waals surface area contributed by atoms with Gasteiger partial charge in [0.15, 0.2) is 6.29 Å². The maximum Gasteiger partial charge on any atom is 0.171 e. The molecule has 0 aromatic rings. The third-order valence-electron chi connectivity index (χ3n) is 2.50. The standard InChI is InChI=1S/C11H25NO3/c1-8(2)10(7-13-4)12-9(3)11(14-5)15-6/h8-12H,7H2,1-6H3. The van der Waals surface area contributed by atoms with E-state index >= 15 is 0 Å². The Kier molecular flexibility index (Phi) is 7.96. The van der Waals surface area contributed by atoms with Crippen molar-refractivity contribution in [2.24, 2.45) is 5.92 Å². The van der Waals surface area contributed by atoms with Crippen LogP contribution in [0.25, 0.3) is 0 Å². The quantitative estimate of drug-likeness (QED) is 0.624. The molecule has 0 aromatic heterocycles. The highest BCUT2D eigenvalue weighted by atomic mass is 16.7. The zero-order chi connectivity index (χ0) is 11.8. The second-order valence-corrected chi connectivity index (χ2v) is 4.10. The molecule has 0 rings (SSSR count). The van der Waals surface area contributed by atoms with Crippen molar-refractivity contribution in [3.8, 4) is 0 Å². The Bertz CT molecular complexity index is 149. The van der Waals surface area contributed by atoms with Crippen LogP contribution in [0.3, 0.4) is 0 Å². The van der Waals surface area contributed by atoms with Gasteiger partial charge in [0.05, 0.1) is 12.6 Å². The molecule has 1 N–H and O–H groups in total. The molecule has 0 aliphatic heterocycles. The molecule has 0 aromatic carbocycles. The Morgan fingerprint density at radius 3 is 1.87 bits per heavy atom. The molecule has 4 heteroatoms. The van der Waals surface area contributed by atoms with Crippen molar-refractivity contribution in [1.29, 1.82) is 0 Å². The third kappa shape index (κ3) is 5.47. The molecule has 2 atom stereocenters. The van der Waals surface area contributed by atoms with Crippen molar-refractivity contribution in [2.45, 2.75) is 39.1 Å². The second-order valence-electron chi connectivity index (χ2n) is 4.10. The van der Waals surface area contributed by atoms with Crippen LogP contribution in [-0.2, 0) is 14.2 Å². The number of hydrogen-bond acceptors (Lipinski definition) is 4. The Balaban J connectivity index is 4.13. The highest BCUT2D eigenvalue weighted by Gasteiger charge is 2.21. The number of rotatable bonds is 8. The van der Waals surface area contributed by atoms with Gasteiger partial charge in [0.2, 0.25) is 0 Å². The Morgan fingerprint density at radius 1 is 1.00 bits per heavy atom. The molecule has 0 saturated carbocycles. The zero-order valence-electron chi connectivity index (χ0n) is 10.7. The maximum absolute atomic E-state index is 5.19. The van der Waals surface area contributed by atoms with E-state index in [9.17, 15) is 0 Å². The van der Waals surface area contributed by atoms with Gasteiger partial charge in [0, 0.05) is 27.4 Å². The smallest absolute Gasteiger partial charge is 0.171 e. The SMILES string of the molecule is COCC(NC(C)C(OC)OC)C(C)C. The molecule has 0 aliphatic rings. The average Bonchev–Trinajstić information content (AvgIpc) is 2.18. The number of nitrogens with one attached hydrogen (secondary N) is 1. The molecule has 2 unspecified atom stereocenters. The molecule has 92 valence electrons. The van der Waals surface area contributed by atoms with Crippen molar-refractivity contribution in [1.82, 2.24) is 5.32 Å². The van der Waals surface area contributed by atoms with E-state index in [1.54, 1.807) is 21.3 Å². The lowest BCUT2D eigenvalue weighted by Gasteiger charge is -2.29. The van der Waals surface area contributed by atoms with Gasteiger partial charge in [-0.05, 0) is 12.8 Å². The summed E-state index contributed by atoms with van der Waals surface area (Å²) in [5, 5.41) is 3.44. The lowest BCUT2D eigenvalue weighted by atomic mass is 10.0. The summed E-state index contributed by atoms with van der Waals surface area (Å²) in [5.41, 5.74) is 0. The van der Waals surface area contributed by atoms with E-state index in [1.807, 2.05) is 6.92 Å². The van der Waals surface area contributed by atoms with Crippen LogP contribution in [0.2, 0.25) is 0 Å². The molecular weight excluding hydrogens is 194 g/mol. The van der Waals surface area contributed by atoms with Crippen molar-refractivity contribution in [2.75, 3.05) is 27.9 Å². The number of methoxy groups -OCH3 is 3. The highest BCUT2D eigenvalue weighted by Crippen LogP contribution is 2.06. The van der Waals surface area contributed by atoms with Gasteiger partial charge < -0.3 is 19.5 Å². The monoisotopic (exact) mass is 219 g/mol. The summed E-state index contributed by atoms with van der Waals surface area (Å²) < 4.78 is 15.6. The maximum atomic E-state index is 5.19. The molecule has 0 spiro atoms. The van der Waals surface area contributed by atoms with E-state index in [2.05, 4.69) is 19.2 Å². The van der Waals surface area contributed by atoms with Gasteiger partial charge in [0.25, 0.3) is 0 Å². The fourth-order valence-corrected chi connectivity index (χ4v) is 1.53. The van der Waals surface area contributed by atoms with Gasteiger partial charge in [-0.25, -0.2) is 0 Å². The summed E-state index contributed by atoms with van der Waals surface area (Å²) in [6, 6.07) is 0.459. The fraction of sp³-hybridized carbons (Fsp3) is 1.00. The van der Waals surface area contributed by atoms with Crippen molar-refractivity contribution in [3.63, 3.8) is 0 Å². The van der Waals surface area contributed by atoms with Gasteiger partial charge in [-0.15, -0.1) is 0 Å². The van der Waals surface area contributed by atoms with Crippen molar-refractivity contribution in [3.05, 3.63) is 0 Å². The van der Waals surface area contributed by atoms with Gasteiger partial charge in [-0.3, -0.25) is 0 Å². The lowest BCUT2D eigenvalue weighted by molar-refractivity contribution is -0.122. The van der Waals surface area contributed by atoms with E-state index < -0.39 is 0 Å². The van der Waals surface area contributed by atoms with Crippen LogP contribution >= 0.6 is 0 Å². The van der Waals surface area contributed by atoms with Gasteiger partial charge >= 0.3 is 0 Å². The van der Waals surface area contributed by atoms with Crippen LogP contribution in [0.1, 0.15) is 20.8 Å². The predicted octanol–water partition coefficient (Wildman–Crippen LogP) is 1.25. The first-order valence-corrected chi connectivity index (χ1v) is 5.37. The molecule has 0 radical (unpaired) electrons. The molecular formula is C11H25NO3.